The van der Waals surface area contributed by atoms with Gasteiger partial charge in [0.05, 0.1) is 6.04 Å². The third-order valence-electron chi connectivity index (χ3n) is 5.06. The van der Waals surface area contributed by atoms with Crippen molar-refractivity contribution in [1.29, 1.82) is 0 Å². The maximum absolute atomic E-state index is 12.4. The highest BCUT2D eigenvalue weighted by atomic mass is 16.5. The second-order valence-electron chi connectivity index (χ2n) is 7.37. The van der Waals surface area contributed by atoms with E-state index in [0.717, 1.165) is 24.8 Å². The number of carbonyl (C=O) groups excluding carboxylic acids is 2. The van der Waals surface area contributed by atoms with Gasteiger partial charge in [0.25, 0.3) is 0 Å². The molecule has 1 unspecified atom stereocenters. The van der Waals surface area contributed by atoms with E-state index in [1.807, 2.05) is 37.3 Å². The predicted octanol–water partition coefficient (Wildman–Crippen LogP) is 2.92. The second-order valence-corrected chi connectivity index (χ2v) is 7.37. The number of nitrogens with one attached hydrogen (secondary N) is 1. The Morgan fingerprint density at radius 1 is 1.31 bits per heavy atom. The van der Waals surface area contributed by atoms with E-state index in [-0.39, 0.29) is 18.0 Å². The Hall–Kier alpha value is -2.90. The van der Waals surface area contributed by atoms with Gasteiger partial charge in [-0.3, -0.25) is 4.79 Å². The summed E-state index contributed by atoms with van der Waals surface area (Å²) in [4.78, 5) is 32.6. The number of likely N-dealkylation sites (tertiary alicyclic amines) is 1. The number of carbonyl (C=O) groups is 2. The number of benzene rings is 1. The smallest absolute Gasteiger partial charge is 0.318 e. The van der Waals surface area contributed by atoms with Crippen LogP contribution in [0, 0.1) is 0 Å². The molecule has 0 bridgehead atoms. The average molecular weight is 399 g/mol. The fraction of sp³-hybridized carbons (Fsp3) is 0.524. The van der Waals surface area contributed by atoms with Gasteiger partial charge in [0, 0.05) is 39.5 Å². The summed E-state index contributed by atoms with van der Waals surface area (Å²) < 4.78 is 5.34. The van der Waals surface area contributed by atoms with E-state index in [4.69, 9.17) is 4.52 Å². The molecule has 1 aromatic heterocycles. The maximum Gasteiger partial charge on any atom is 0.318 e. The maximum atomic E-state index is 12.4. The van der Waals surface area contributed by atoms with E-state index in [0.29, 0.717) is 44.2 Å². The summed E-state index contributed by atoms with van der Waals surface area (Å²) in [5.74, 6) is 0.978. The van der Waals surface area contributed by atoms with Crippen molar-refractivity contribution in [3.05, 3.63) is 47.6 Å². The van der Waals surface area contributed by atoms with Crippen LogP contribution in [-0.2, 0) is 17.8 Å². The highest BCUT2D eigenvalue weighted by Gasteiger charge is 2.33. The molecule has 3 amide bonds. The zero-order valence-electron chi connectivity index (χ0n) is 17.1. The standard InChI is InChI=1S/C21H29N5O3/c1-3-13-22-21(28)26-14-7-10-17(26)20-23-18(29-24-20)11-12-19(27)25(2)15-16-8-5-4-6-9-16/h4-6,8-9,17H,3,7,10-15H2,1-2H3,(H,22,28). The van der Waals surface area contributed by atoms with Gasteiger partial charge in [-0.15, -0.1) is 0 Å². The van der Waals surface area contributed by atoms with Crippen LogP contribution in [0.2, 0.25) is 0 Å². The summed E-state index contributed by atoms with van der Waals surface area (Å²) in [5.41, 5.74) is 1.09. The van der Waals surface area contributed by atoms with Crippen LogP contribution in [0.25, 0.3) is 0 Å². The lowest BCUT2D eigenvalue weighted by Gasteiger charge is -2.22. The van der Waals surface area contributed by atoms with Crippen LogP contribution in [0.1, 0.15) is 55.9 Å². The molecule has 0 spiro atoms. The number of rotatable bonds is 8. The topological polar surface area (TPSA) is 91.6 Å². The van der Waals surface area contributed by atoms with Crippen LogP contribution in [0.15, 0.2) is 34.9 Å². The van der Waals surface area contributed by atoms with Crippen molar-refractivity contribution in [1.82, 2.24) is 25.3 Å². The lowest BCUT2D eigenvalue weighted by molar-refractivity contribution is -0.130. The molecule has 8 nitrogen and oxygen atoms in total. The van der Waals surface area contributed by atoms with Gasteiger partial charge in [0.2, 0.25) is 11.8 Å². The van der Waals surface area contributed by atoms with Gasteiger partial charge in [-0.05, 0) is 24.8 Å². The van der Waals surface area contributed by atoms with Gasteiger partial charge < -0.3 is 19.6 Å². The Morgan fingerprint density at radius 3 is 2.86 bits per heavy atom. The molecule has 0 radical (unpaired) electrons. The number of hydrogen-bond donors (Lipinski definition) is 1. The van der Waals surface area contributed by atoms with Crippen LogP contribution in [0.4, 0.5) is 4.79 Å². The summed E-state index contributed by atoms with van der Waals surface area (Å²) in [5, 5.41) is 6.97. The molecule has 0 aliphatic carbocycles. The highest BCUT2D eigenvalue weighted by Crippen LogP contribution is 2.30. The van der Waals surface area contributed by atoms with Crippen molar-refractivity contribution in [2.45, 2.75) is 51.6 Å². The molecule has 0 saturated carbocycles. The van der Waals surface area contributed by atoms with Crippen LogP contribution >= 0.6 is 0 Å². The fourth-order valence-corrected chi connectivity index (χ4v) is 3.47. The molecule has 2 aromatic rings. The molecule has 29 heavy (non-hydrogen) atoms. The lowest BCUT2D eigenvalue weighted by Crippen LogP contribution is -2.40. The molecule has 1 aliphatic heterocycles. The Labute approximate surface area is 171 Å². The minimum atomic E-state index is -0.166. The van der Waals surface area contributed by atoms with Gasteiger partial charge in [-0.1, -0.05) is 42.4 Å². The lowest BCUT2D eigenvalue weighted by atomic mass is 10.2. The normalized spacial score (nSPS) is 16.1. The van der Waals surface area contributed by atoms with E-state index in [2.05, 4.69) is 15.5 Å². The van der Waals surface area contributed by atoms with Crippen molar-refractivity contribution < 1.29 is 14.1 Å². The molecule has 8 heteroatoms. The Morgan fingerprint density at radius 2 is 2.10 bits per heavy atom. The van der Waals surface area contributed by atoms with Crippen LogP contribution in [-0.4, -0.2) is 52.0 Å². The largest absolute Gasteiger partial charge is 0.341 e. The molecule has 2 heterocycles. The highest BCUT2D eigenvalue weighted by molar-refractivity contribution is 5.76. The van der Waals surface area contributed by atoms with Crippen molar-refractivity contribution in [2.75, 3.05) is 20.1 Å². The third kappa shape index (κ3) is 5.56. The van der Waals surface area contributed by atoms with Crippen molar-refractivity contribution in [3.63, 3.8) is 0 Å². The molecule has 1 atom stereocenters. The van der Waals surface area contributed by atoms with Gasteiger partial charge in [0.15, 0.2) is 5.82 Å². The van der Waals surface area contributed by atoms with Gasteiger partial charge >= 0.3 is 6.03 Å². The summed E-state index contributed by atoms with van der Waals surface area (Å²) in [6.07, 6.45) is 3.31. The molecule has 3 rings (SSSR count). The molecule has 1 aliphatic rings. The number of aromatic nitrogens is 2. The number of amides is 3. The Kier molecular flexibility index (Phi) is 7.21. The summed E-state index contributed by atoms with van der Waals surface area (Å²) in [6, 6.07) is 9.62. The SMILES string of the molecule is CCCNC(=O)N1CCCC1c1noc(CCC(=O)N(C)Cc2ccccc2)n1. The Bertz CT molecular complexity index is 808. The predicted molar refractivity (Wildman–Crippen MR) is 108 cm³/mol. The van der Waals surface area contributed by atoms with Gasteiger partial charge in [-0.25, -0.2) is 4.79 Å². The monoisotopic (exact) mass is 399 g/mol. The van der Waals surface area contributed by atoms with Gasteiger partial charge in [0.1, 0.15) is 0 Å². The third-order valence-corrected chi connectivity index (χ3v) is 5.06. The number of nitrogens with zero attached hydrogens (tertiary/aromatic N) is 4. The first-order chi connectivity index (χ1) is 14.1. The first-order valence-corrected chi connectivity index (χ1v) is 10.2. The van der Waals surface area contributed by atoms with E-state index in [1.54, 1.807) is 16.8 Å². The molecule has 156 valence electrons. The minimum Gasteiger partial charge on any atom is -0.341 e. The van der Waals surface area contributed by atoms with Crippen molar-refractivity contribution in [2.24, 2.45) is 0 Å². The quantitative estimate of drug-likeness (QED) is 0.737. The summed E-state index contributed by atoms with van der Waals surface area (Å²) in [7, 11) is 1.79. The molecule has 1 saturated heterocycles. The van der Waals surface area contributed by atoms with Crippen LogP contribution in [0.3, 0.4) is 0 Å². The average Bonchev–Trinajstić information content (AvgIpc) is 3.40. The van der Waals surface area contributed by atoms with Crippen LogP contribution in [0.5, 0.6) is 0 Å². The number of aryl methyl sites for hydroxylation is 1. The summed E-state index contributed by atoms with van der Waals surface area (Å²) in [6.45, 7) is 3.93. The number of hydrogen-bond acceptors (Lipinski definition) is 5. The van der Waals surface area contributed by atoms with E-state index >= 15 is 0 Å². The zero-order chi connectivity index (χ0) is 20.6. The fourth-order valence-electron chi connectivity index (χ4n) is 3.47. The first-order valence-electron chi connectivity index (χ1n) is 10.2. The molecule has 1 N–H and O–H groups in total. The van der Waals surface area contributed by atoms with Crippen molar-refractivity contribution >= 4 is 11.9 Å². The van der Waals surface area contributed by atoms with Crippen LogP contribution < -0.4 is 5.32 Å². The number of urea groups is 1. The van der Waals surface area contributed by atoms with Gasteiger partial charge in [-0.2, -0.15) is 4.98 Å². The van der Waals surface area contributed by atoms with Crippen molar-refractivity contribution in [3.8, 4) is 0 Å². The van der Waals surface area contributed by atoms with E-state index in [9.17, 15) is 9.59 Å². The first kappa shape index (κ1) is 20.8. The zero-order valence-corrected chi connectivity index (χ0v) is 17.1. The summed E-state index contributed by atoms with van der Waals surface area (Å²) >= 11 is 0. The Balaban J connectivity index is 1.52. The molecular weight excluding hydrogens is 370 g/mol. The molecular formula is C21H29N5O3. The molecule has 1 fully saturated rings. The minimum absolute atomic E-state index is 0.0232. The van der Waals surface area contributed by atoms with E-state index in [1.165, 1.54) is 0 Å². The molecule has 1 aromatic carbocycles. The van der Waals surface area contributed by atoms with E-state index < -0.39 is 0 Å². The second kappa shape index (κ2) is 10.0.